The largest absolute Gasteiger partial charge is 0.481 e. The number of hydrogen-bond acceptors (Lipinski definition) is 3. The summed E-state index contributed by atoms with van der Waals surface area (Å²) in [6.07, 6.45) is 1.26. The van der Waals surface area contributed by atoms with E-state index in [9.17, 15) is 9.59 Å². The van der Waals surface area contributed by atoms with E-state index in [-0.39, 0.29) is 12.6 Å². The summed E-state index contributed by atoms with van der Waals surface area (Å²) in [5.41, 5.74) is -0.802. The normalized spacial score (nSPS) is 23.8. The highest BCUT2D eigenvalue weighted by molar-refractivity contribution is 5.79. The van der Waals surface area contributed by atoms with Crippen LogP contribution in [-0.2, 0) is 9.53 Å². The number of amides is 2. The van der Waals surface area contributed by atoms with E-state index in [1.54, 1.807) is 18.9 Å². The number of hydrogen-bond donors (Lipinski definition) is 2. The van der Waals surface area contributed by atoms with Gasteiger partial charge in [0.1, 0.15) is 0 Å². The smallest absolute Gasteiger partial charge is 0.317 e. The zero-order valence-corrected chi connectivity index (χ0v) is 10.4. The second-order valence-corrected chi connectivity index (χ2v) is 4.62. The van der Waals surface area contributed by atoms with Crippen LogP contribution in [0.25, 0.3) is 0 Å². The molecule has 1 rings (SSSR count). The number of methoxy groups -OCH3 is 1. The lowest BCUT2D eigenvalue weighted by atomic mass is 9.90. The van der Waals surface area contributed by atoms with E-state index in [1.165, 1.54) is 0 Å². The maximum atomic E-state index is 11.7. The zero-order chi connectivity index (χ0) is 12.9. The molecule has 98 valence electrons. The standard InChI is InChI=1S/C11H20N2O4/c1-11(9(14)15)4-6-13(8-11)10(16)12-5-3-7-17-2/h3-8H2,1-2H3,(H,12,16)(H,14,15). The van der Waals surface area contributed by atoms with E-state index in [0.29, 0.717) is 26.1 Å². The molecule has 1 saturated heterocycles. The molecule has 0 bridgehead atoms. The summed E-state index contributed by atoms with van der Waals surface area (Å²) in [5.74, 6) is -0.841. The molecular weight excluding hydrogens is 224 g/mol. The van der Waals surface area contributed by atoms with Crippen molar-refractivity contribution in [2.24, 2.45) is 5.41 Å². The minimum absolute atomic E-state index is 0.189. The summed E-state index contributed by atoms with van der Waals surface area (Å²) in [5, 5.41) is 11.8. The summed E-state index contributed by atoms with van der Waals surface area (Å²) in [7, 11) is 1.61. The molecule has 1 atom stereocenters. The molecule has 2 amide bonds. The molecule has 1 unspecified atom stereocenters. The lowest BCUT2D eigenvalue weighted by molar-refractivity contribution is -0.146. The van der Waals surface area contributed by atoms with Gasteiger partial charge in [-0.2, -0.15) is 0 Å². The van der Waals surface area contributed by atoms with Gasteiger partial charge in [0.15, 0.2) is 0 Å². The minimum Gasteiger partial charge on any atom is -0.481 e. The van der Waals surface area contributed by atoms with Gasteiger partial charge in [-0.25, -0.2) is 4.79 Å². The number of aliphatic carboxylic acids is 1. The molecule has 2 N–H and O–H groups in total. The molecular formula is C11H20N2O4. The fourth-order valence-corrected chi connectivity index (χ4v) is 1.83. The van der Waals surface area contributed by atoms with Gasteiger partial charge in [0, 0.05) is 33.4 Å². The first-order valence-electron chi connectivity index (χ1n) is 5.75. The maximum absolute atomic E-state index is 11.7. The highest BCUT2D eigenvalue weighted by Crippen LogP contribution is 2.29. The van der Waals surface area contributed by atoms with E-state index in [4.69, 9.17) is 9.84 Å². The third-order valence-corrected chi connectivity index (χ3v) is 3.08. The number of nitrogens with one attached hydrogen (secondary N) is 1. The lowest BCUT2D eigenvalue weighted by Gasteiger charge is -2.20. The molecule has 0 aromatic rings. The van der Waals surface area contributed by atoms with Crippen molar-refractivity contribution in [2.45, 2.75) is 19.8 Å². The number of urea groups is 1. The van der Waals surface area contributed by atoms with Crippen molar-refractivity contribution in [3.05, 3.63) is 0 Å². The summed E-state index contributed by atoms with van der Waals surface area (Å²) in [6, 6.07) is -0.189. The highest BCUT2D eigenvalue weighted by Gasteiger charge is 2.41. The molecule has 1 aliphatic heterocycles. The van der Waals surface area contributed by atoms with Gasteiger partial charge in [0.25, 0.3) is 0 Å². The third kappa shape index (κ3) is 3.59. The summed E-state index contributed by atoms with van der Waals surface area (Å²) < 4.78 is 4.87. The van der Waals surface area contributed by atoms with Crippen molar-refractivity contribution >= 4 is 12.0 Å². The topological polar surface area (TPSA) is 78.9 Å². The predicted molar refractivity (Wildman–Crippen MR) is 61.8 cm³/mol. The Morgan fingerprint density at radius 3 is 2.76 bits per heavy atom. The number of carbonyl (C=O) groups excluding carboxylic acids is 1. The molecule has 6 nitrogen and oxygen atoms in total. The second-order valence-electron chi connectivity index (χ2n) is 4.62. The van der Waals surface area contributed by atoms with Crippen molar-refractivity contribution < 1.29 is 19.4 Å². The molecule has 0 aromatic carbocycles. The molecule has 0 radical (unpaired) electrons. The molecule has 17 heavy (non-hydrogen) atoms. The van der Waals surface area contributed by atoms with E-state index in [1.807, 2.05) is 0 Å². The molecule has 0 spiro atoms. The molecule has 0 aromatic heterocycles. The monoisotopic (exact) mass is 244 g/mol. The quantitative estimate of drug-likeness (QED) is 0.691. The first kappa shape index (κ1) is 13.8. The Morgan fingerprint density at radius 1 is 1.53 bits per heavy atom. The lowest BCUT2D eigenvalue weighted by Crippen LogP contribution is -2.41. The van der Waals surface area contributed by atoms with Gasteiger partial charge in [0.05, 0.1) is 5.41 Å². The van der Waals surface area contributed by atoms with Crippen LogP contribution in [0.1, 0.15) is 19.8 Å². The predicted octanol–water partition coefficient (Wildman–Crippen LogP) is 0.529. The van der Waals surface area contributed by atoms with Crippen LogP contribution in [0.15, 0.2) is 0 Å². The van der Waals surface area contributed by atoms with Crippen molar-refractivity contribution in [2.75, 3.05) is 33.4 Å². The maximum Gasteiger partial charge on any atom is 0.317 e. The van der Waals surface area contributed by atoms with Crippen LogP contribution in [0.2, 0.25) is 0 Å². The molecule has 6 heteroatoms. The van der Waals surface area contributed by atoms with Crippen LogP contribution in [0.3, 0.4) is 0 Å². The van der Waals surface area contributed by atoms with Gasteiger partial charge in [0.2, 0.25) is 0 Å². The van der Waals surface area contributed by atoms with Crippen LogP contribution in [0.4, 0.5) is 4.79 Å². The van der Waals surface area contributed by atoms with Crippen LogP contribution < -0.4 is 5.32 Å². The van der Waals surface area contributed by atoms with Crippen molar-refractivity contribution in [3.63, 3.8) is 0 Å². The Labute approximate surface area is 101 Å². The number of nitrogens with zero attached hydrogens (tertiary/aromatic N) is 1. The first-order chi connectivity index (χ1) is 7.99. The number of carboxylic acids is 1. The summed E-state index contributed by atoms with van der Waals surface area (Å²) in [6.45, 7) is 3.60. The Bertz CT molecular complexity index is 295. The van der Waals surface area contributed by atoms with Gasteiger partial charge >= 0.3 is 12.0 Å². The Hall–Kier alpha value is -1.30. The molecule has 0 saturated carbocycles. The van der Waals surface area contributed by atoms with Crippen molar-refractivity contribution in [1.82, 2.24) is 10.2 Å². The number of rotatable bonds is 5. The minimum atomic E-state index is -0.841. The van der Waals surface area contributed by atoms with Crippen molar-refractivity contribution in [1.29, 1.82) is 0 Å². The first-order valence-corrected chi connectivity index (χ1v) is 5.75. The van der Waals surface area contributed by atoms with E-state index >= 15 is 0 Å². The molecule has 1 heterocycles. The SMILES string of the molecule is COCCCNC(=O)N1CCC(C)(C(=O)O)C1. The Morgan fingerprint density at radius 2 is 2.24 bits per heavy atom. The average Bonchev–Trinajstić information content (AvgIpc) is 2.69. The number of likely N-dealkylation sites (tertiary alicyclic amines) is 1. The van der Waals surface area contributed by atoms with Gasteiger partial charge in [-0.1, -0.05) is 0 Å². The third-order valence-electron chi connectivity index (χ3n) is 3.08. The number of carboxylic acid groups (broad SMARTS) is 1. The highest BCUT2D eigenvalue weighted by atomic mass is 16.5. The van der Waals surface area contributed by atoms with Crippen LogP contribution in [-0.4, -0.2) is 55.4 Å². The van der Waals surface area contributed by atoms with E-state index in [0.717, 1.165) is 6.42 Å². The van der Waals surface area contributed by atoms with Crippen LogP contribution >= 0.6 is 0 Å². The number of ether oxygens (including phenoxy) is 1. The molecule has 1 fully saturated rings. The average molecular weight is 244 g/mol. The zero-order valence-electron chi connectivity index (χ0n) is 10.4. The van der Waals surface area contributed by atoms with Gasteiger partial charge in [-0.15, -0.1) is 0 Å². The summed E-state index contributed by atoms with van der Waals surface area (Å²) in [4.78, 5) is 24.3. The Kier molecular flexibility index (Phi) is 4.74. The van der Waals surface area contributed by atoms with Gasteiger partial charge in [-0.3, -0.25) is 4.79 Å². The molecule has 1 aliphatic rings. The fourth-order valence-electron chi connectivity index (χ4n) is 1.83. The Balaban J connectivity index is 2.33. The van der Waals surface area contributed by atoms with Crippen LogP contribution in [0.5, 0.6) is 0 Å². The van der Waals surface area contributed by atoms with Crippen LogP contribution in [0, 0.1) is 5.41 Å². The van der Waals surface area contributed by atoms with Gasteiger partial charge in [-0.05, 0) is 19.8 Å². The second kappa shape index (κ2) is 5.86. The van der Waals surface area contributed by atoms with Gasteiger partial charge < -0.3 is 20.1 Å². The number of carbonyl (C=O) groups is 2. The van der Waals surface area contributed by atoms with E-state index in [2.05, 4.69) is 5.32 Å². The summed E-state index contributed by atoms with van der Waals surface area (Å²) >= 11 is 0. The van der Waals surface area contributed by atoms with Crippen molar-refractivity contribution in [3.8, 4) is 0 Å². The fraction of sp³-hybridized carbons (Fsp3) is 0.818. The van der Waals surface area contributed by atoms with E-state index < -0.39 is 11.4 Å². The molecule has 0 aliphatic carbocycles.